The Bertz CT molecular complexity index is 1380. The van der Waals surface area contributed by atoms with E-state index in [-0.39, 0.29) is 12.5 Å². The number of carbonyl (C=O) groups excluding carboxylic acids is 3. The predicted octanol–water partition coefficient (Wildman–Crippen LogP) is 4.01. The van der Waals surface area contributed by atoms with Crippen molar-refractivity contribution in [2.45, 2.75) is 13.0 Å². The molecule has 0 spiro atoms. The van der Waals surface area contributed by atoms with Gasteiger partial charge in [-0.15, -0.1) is 0 Å². The molecule has 3 amide bonds. The summed E-state index contributed by atoms with van der Waals surface area (Å²) in [6.07, 6.45) is 4.49. The minimum Gasteiger partial charge on any atom is -0.493 e. The Balaban J connectivity index is 1.27. The number of carbonyl (C=O) groups is 3. The average molecular weight is 536 g/mol. The zero-order valence-corrected chi connectivity index (χ0v) is 21.9. The summed E-state index contributed by atoms with van der Waals surface area (Å²) in [5.74, 6) is 0.713. The summed E-state index contributed by atoms with van der Waals surface area (Å²) in [6, 6.07) is 15.5. The van der Waals surface area contributed by atoms with Gasteiger partial charge < -0.3 is 23.7 Å². The molecule has 2 aliphatic heterocycles. The zero-order chi connectivity index (χ0) is 26.5. The van der Waals surface area contributed by atoms with E-state index in [1.807, 2.05) is 54.7 Å². The molecule has 10 heteroatoms. The van der Waals surface area contributed by atoms with Gasteiger partial charge in [0.2, 0.25) is 5.91 Å². The number of nitrogens with zero attached hydrogens (tertiary/aromatic N) is 3. The largest absolute Gasteiger partial charge is 0.493 e. The standard InChI is InChI=1S/C28H29N3O6S/c1-35-23-9-4-5-10-24(23)37-14-6-11-30-18-20(21-7-2-3-8-22(21)30)17-25-27(33)31(28(34)38-25)19-26(32)29-12-15-36-16-13-29/h2-5,7-10,17-18H,6,11-16,19H2,1H3/b25-17-. The third-order valence-electron chi connectivity index (χ3n) is 6.51. The molecule has 0 bridgehead atoms. The van der Waals surface area contributed by atoms with Crippen LogP contribution < -0.4 is 9.47 Å². The molecule has 2 aliphatic rings. The Morgan fingerprint density at radius 1 is 1.05 bits per heavy atom. The molecule has 1 aromatic heterocycles. The number of imide groups is 1. The van der Waals surface area contributed by atoms with Crippen LogP contribution in [0, 0.1) is 0 Å². The summed E-state index contributed by atoms with van der Waals surface area (Å²) in [7, 11) is 1.62. The molecular weight excluding hydrogens is 506 g/mol. The smallest absolute Gasteiger partial charge is 0.294 e. The highest BCUT2D eigenvalue weighted by Crippen LogP contribution is 2.34. The van der Waals surface area contributed by atoms with Gasteiger partial charge in [0.25, 0.3) is 11.1 Å². The van der Waals surface area contributed by atoms with Crippen molar-refractivity contribution in [3.8, 4) is 11.5 Å². The molecule has 38 heavy (non-hydrogen) atoms. The fraction of sp³-hybridized carbons (Fsp3) is 0.321. The SMILES string of the molecule is COc1ccccc1OCCCn1cc(/C=C2\SC(=O)N(CC(=O)N3CCOCC3)C2=O)c2ccccc21. The number of morpholine rings is 1. The lowest BCUT2D eigenvalue weighted by Gasteiger charge is -2.28. The first kappa shape index (κ1) is 25.9. The molecular formula is C28H29N3O6S. The maximum absolute atomic E-state index is 13.1. The van der Waals surface area contributed by atoms with Crippen molar-refractivity contribution in [1.29, 1.82) is 0 Å². The molecule has 3 aromatic rings. The molecule has 0 unspecified atom stereocenters. The number of amides is 3. The van der Waals surface area contributed by atoms with Crippen LogP contribution in [0.1, 0.15) is 12.0 Å². The van der Waals surface area contributed by atoms with Crippen LogP contribution in [0.15, 0.2) is 59.6 Å². The van der Waals surface area contributed by atoms with E-state index in [2.05, 4.69) is 4.57 Å². The van der Waals surface area contributed by atoms with E-state index in [9.17, 15) is 14.4 Å². The number of aryl methyl sites for hydroxylation is 1. The molecule has 5 rings (SSSR count). The highest BCUT2D eigenvalue weighted by Gasteiger charge is 2.37. The van der Waals surface area contributed by atoms with E-state index < -0.39 is 11.1 Å². The summed E-state index contributed by atoms with van der Waals surface area (Å²) < 4.78 is 18.6. The number of thioether (sulfide) groups is 1. The van der Waals surface area contributed by atoms with Crippen LogP contribution >= 0.6 is 11.8 Å². The first-order chi connectivity index (χ1) is 18.5. The van der Waals surface area contributed by atoms with Gasteiger partial charge in [-0.25, -0.2) is 0 Å². The summed E-state index contributed by atoms with van der Waals surface area (Å²) >= 11 is 0.868. The van der Waals surface area contributed by atoms with Gasteiger partial charge in [-0.1, -0.05) is 30.3 Å². The maximum atomic E-state index is 13.1. The second kappa shape index (κ2) is 11.7. The molecule has 0 atom stereocenters. The van der Waals surface area contributed by atoms with Crippen molar-refractivity contribution in [3.05, 3.63) is 65.2 Å². The lowest BCUT2D eigenvalue weighted by atomic mass is 10.1. The second-order valence-electron chi connectivity index (χ2n) is 8.91. The first-order valence-electron chi connectivity index (χ1n) is 12.5. The molecule has 2 saturated heterocycles. The number of methoxy groups -OCH3 is 1. The zero-order valence-electron chi connectivity index (χ0n) is 21.1. The number of hydrogen-bond donors (Lipinski definition) is 0. The number of ether oxygens (including phenoxy) is 3. The summed E-state index contributed by atoms with van der Waals surface area (Å²) in [5, 5.41) is 0.550. The molecule has 2 fully saturated rings. The first-order valence-corrected chi connectivity index (χ1v) is 13.3. The van der Waals surface area contributed by atoms with Crippen LogP contribution in [0.2, 0.25) is 0 Å². The summed E-state index contributed by atoms with van der Waals surface area (Å²) in [6.45, 7) is 2.82. The molecule has 3 heterocycles. The van der Waals surface area contributed by atoms with Crippen molar-refractivity contribution < 1.29 is 28.6 Å². The molecule has 0 N–H and O–H groups in total. The quantitative estimate of drug-likeness (QED) is 0.302. The Morgan fingerprint density at radius 3 is 2.58 bits per heavy atom. The molecule has 0 aliphatic carbocycles. The van der Waals surface area contributed by atoms with Crippen LogP contribution in [0.25, 0.3) is 17.0 Å². The van der Waals surface area contributed by atoms with Gasteiger partial charge in [-0.2, -0.15) is 0 Å². The molecule has 2 aromatic carbocycles. The number of aromatic nitrogens is 1. The monoisotopic (exact) mass is 535 g/mol. The van der Waals surface area contributed by atoms with E-state index in [1.54, 1.807) is 18.1 Å². The maximum Gasteiger partial charge on any atom is 0.294 e. The number of rotatable bonds is 9. The minimum atomic E-state index is -0.441. The minimum absolute atomic E-state index is 0.246. The number of para-hydroxylation sites is 3. The normalized spacial score (nSPS) is 17.0. The molecule has 0 radical (unpaired) electrons. The molecule has 0 saturated carbocycles. The van der Waals surface area contributed by atoms with Gasteiger partial charge >= 0.3 is 0 Å². The van der Waals surface area contributed by atoms with Crippen LogP contribution in [0.3, 0.4) is 0 Å². The summed E-state index contributed by atoms with van der Waals surface area (Å²) in [5.41, 5.74) is 1.87. The van der Waals surface area contributed by atoms with Crippen molar-refractivity contribution in [3.63, 3.8) is 0 Å². The fourth-order valence-corrected chi connectivity index (χ4v) is 5.38. The van der Waals surface area contributed by atoms with Crippen LogP contribution in [0.5, 0.6) is 11.5 Å². The highest BCUT2D eigenvalue weighted by molar-refractivity contribution is 8.18. The number of fused-ring (bicyclic) bond motifs is 1. The van der Waals surface area contributed by atoms with Crippen molar-refractivity contribution in [2.75, 3.05) is 46.6 Å². The van der Waals surface area contributed by atoms with Gasteiger partial charge in [0.05, 0.1) is 31.8 Å². The predicted molar refractivity (Wildman–Crippen MR) is 145 cm³/mol. The van der Waals surface area contributed by atoms with Gasteiger partial charge in [-0.3, -0.25) is 19.3 Å². The van der Waals surface area contributed by atoms with Crippen LogP contribution in [0.4, 0.5) is 4.79 Å². The Kier molecular flexibility index (Phi) is 8.00. The average Bonchev–Trinajstić information content (AvgIpc) is 3.43. The van der Waals surface area contributed by atoms with Crippen molar-refractivity contribution >= 4 is 45.8 Å². The Morgan fingerprint density at radius 2 is 1.79 bits per heavy atom. The van der Waals surface area contributed by atoms with Gasteiger partial charge in [0, 0.05) is 42.3 Å². The third kappa shape index (κ3) is 5.56. The Hall–Kier alpha value is -3.76. The lowest BCUT2D eigenvalue weighted by molar-refractivity contribution is -0.139. The topological polar surface area (TPSA) is 90.3 Å². The summed E-state index contributed by atoms with van der Waals surface area (Å²) in [4.78, 5) is 41.3. The van der Waals surface area contributed by atoms with Crippen LogP contribution in [-0.2, 0) is 20.9 Å². The molecule has 198 valence electrons. The van der Waals surface area contributed by atoms with Gasteiger partial charge in [0.15, 0.2) is 11.5 Å². The lowest BCUT2D eigenvalue weighted by Crippen LogP contribution is -2.46. The van der Waals surface area contributed by atoms with Crippen molar-refractivity contribution in [1.82, 2.24) is 14.4 Å². The Labute approximate surface area is 224 Å². The number of benzene rings is 2. The number of hydrogen-bond acceptors (Lipinski definition) is 7. The molecule has 9 nitrogen and oxygen atoms in total. The van der Waals surface area contributed by atoms with E-state index in [0.29, 0.717) is 55.9 Å². The van der Waals surface area contributed by atoms with E-state index in [1.165, 1.54) is 0 Å². The van der Waals surface area contributed by atoms with Gasteiger partial charge in [-0.05, 0) is 42.5 Å². The van der Waals surface area contributed by atoms with Crippen molar-refractivity contribution in [2.24, 2.45) is 0 Å². The second-order valence-corrected chi connectivity index (χ2v) is 9.90. The van der Waals surface area contributed by atoms with E-state index in [4.69, 9.17) is 14.2 Å². The van der Waals surface area contributed by atoms with E-state index in [0.717, 1.165) is 39.5 Å². The fourth-order valence-electron chi connectivity index (χ4n) is 4.56. The van der Waals surface area contributed by atoms with E-state index >= 15 is 0 Å². The highest BCUT2D eigenvalue weighted by atomic mass is 32.2. The van der Waals surface area contributed by atoms with Crippen LogP contribution in [-0.4, -0.2) is 78.0 Å². The third-order valence-corrected chi connectivity index (χ3v) is 7.41. The van der Waals surface area contributed by atoms with Gasteiger partial charge in [0.1, 0.15) is 6.54 Å².